The third-order valence-corrected chi connectivity index (χ3v) is 5.27. The summed E-state index contributed by atoms with van der Waals surface area (Å²) in [6, 6.07) is 10.00. The molecule has 0 fully saturated rings. The van der Waals surface area contributed by atoms with Crippen LogP contribution in [-0.2, 0) is 19.6 Å². The number of carbonyl (C=O) groups excluding carboxylic acids is 2. The SMILES string of the molecule is CCCCOc1ccc(C(=O)OC(C)C(=O)Nc2ccc(S(N)(=O)=O)cc2)cc1OCC. The molecule has 10 heteroatoms. The Morgan fingerprint density at radius 2 is 1.72 bits per heavy atom. The molecule has 1 unspecified atom stereocenters. The van der Waals surface area contributed by atoms with Crippen LogP contribution in [0.25, 0.3) is 0 Å². The second-order valence-corrected chi connectivity index (χ2v) is 8.46. The fraction of sp³-hybridized carbons (Fsp3) is 0.364. The summed E-state index contributed by atoms with van der Waals surface area (Å²) < 4.78 is 39.1. The van der Waals surface area contributed by atoms with Gasteiger partial charge in [0, 0.05) is 5.69 Å². The number of hydrogen-bond acceptors (Lipinski definition) is 7. The van der Waals surface area contributed by atoms with Crippen LogP contribution >= 0.6 is 0 Å². The molecule has 0 aliphatic rings. The van der Waals surface area contributed by atoms with E-state index in [0.29, 0.717) is 30.4 Å². The molecular formula is C22H28N2O7S. The van der Waals surface area contributed by atoms with E-state index in [4.69, 9.17) is 19.3 Å². The molecule has 0 aliphatic heterocycles. The number of carbonyl (C=O) groups is 2. The number of hydrogen-bond donors (Lipinski definition) is 2. The van der Waals surface area contributed by atoms with Gasteiger partial charge in [-0.05, 0) is 62.7 Å². The number of esters is 1. The highest BCUT2D eigenvalue weighted by Crippen LogP contribution is 2.29. The predicted molar refractivity (Wildman–Crippen MR) is 119 cm³/mol. The zero-order chi connectivity index (χ0) is 23.7. The van der Waals surface area contributed by atoms with Gasteiger partial charge in [-0.2, -0.15) is 0 Å². The van der Waals surface area contributed by atoms with Gasteiger partial charge in [0.15, 0.2) is 17.6 Å². The van der Waals surface area contributed by atoms with Gasteiger partial charge in [0.2, 0.25) is 10.0 Å². The molecule has 0 spiro atoms. The van der Waals surface area contributed by atoms with E-state index in [1.54, 1.807) is 12.1 Å². The number of ether oxygens (including phenoxy) is 3. The van der Waals surface area contributed by atoms with Crippen LogP contribution in [0.4, 0.5) is 5.69 Å². The van der Waals surface area contributed by atoms with Crippen molar-refractivity contribution < 1.29 is 32.2 Å². The van der Waals surface area contributed by atoms with Crippen LogP contribution in [0, 0.1) is 0 Å². The van der Waals surface area contributed by atoms with E-state index in [0.717, 1.165) is 12.8 Å². The number of rotatable bonds is 11. The highest BCUT2D eigenvalue weighted by molar-refractivity contribution is 7.89. The largest absolute Gasteiger partial charge is 0.490 e. The number of nitrogens with two attached hydrogens (primary N) is 1. The number of amides is 1. The van der Waals surface area contributed by atoms with Crippen LogP contribution in [-0.4, -0.2) is 39.6 Å². The molecule has 0 heterocycles. The number of sulfonamides is 1. The summed E-state index contributed by atoms with van der Waals surface area (Å²) in [7, 11) is -3.83. The molecule has 1 amide bonds. The maximum absolute atomic E-state index is 12.5. The van der Waals surface area contributed by atoms with Gasteiger partial charge in [-0.15, -0.1) is 0 Å². The Balaban J connectivity index is 2.02. The molecule has 0 saturated heterocycles. The Morgan fingerprint density at radius 1 is 1.03 bits per heavy atom. The lowest BCUT2D eigenvalue weighted by Gasteiger charge is -2.15. The van der Waals surface area contributed by atoms with Crippen molar-refractivity contribution in [3.63, 3.8) is 0 Å². The average molecular weight is 465 g/mol. The summed E-state index contributed by atoms with van der Waals surface area (Å²) >= 11 is 0. The van der Waals surface area contributed by atoms with Crippen molar-refractivity contribution in [2.24, 2.45) is 5.14 Å². The van der Waals surface area contributed by atoms with Crippen LogP contribution in [0.3, 0.4) is 0 Å². The Labute approximate surface area is 187 Å². The summed E-state index contributed by atoms with van der Waals surface area (Å²) in [6.45, 7) is 6.24. The molecule has 2 aromatic carbocycles. The molecule has 3 N–H and O–H groups in total. The Morgan fingerprint density at radius 3 is 2.31 bits per heavy atom. The number of nitrogens with one attached hydrogen (secondary N) is 1. The first kappa shape index (κ1) is 25.2. The third kappa shape index (κ3) is 7.24. The van der Waals surface area contributed by atoms with E-state index in [1.165, 1.54) is 37.3 Å². The van der Waals surface area contributed by atoms with Crippen molar-refractivity contribution in [3.8, 4) is 11.5 Å². The second-order valence-electron chi connectivity index (χ2n) is 6.90. The lowest BCUT2D eigenvalue weighted by atomic mass is 10.2. The van der Waals surface area contributed by atoms with Gasteiger partial charge < -0.3 is 19.5 Å². The lowest BCUT2D eigenvalue weighted by Crippen LogP contribution is -2.30. The highest BCUT2D eigenvalue weighted by Gasteiger charge is 2.21. The van der Waals surface area contributed by atoms with Gasteiger partial charge in [-0.25, -0.2) is 18.4 Å². The predicted octanol–water partition coefficient (Wildman–Crippen LogP) is 3.10. The first-order valence-corrected chi connectivity index (χ1v) is 11.7. The standard InChI is InChI=1S/C22H28N2O7S/c1-4-6-13-30-19-12-7-16(14-20(19)29-5-2)22(26)31-15(3)21(25)24-17-8-10-18(11-9-17)32(23,27)28/h7-12,14-15H,4-6,13H2,1-3H3,(H,24,25)(H2,23,27,28). The van der Waals surface area contributed by atoms with Crippen molar-refractivity contribution in [2.45, 2.75) is 44.6 Å². The van der Waals surface area contributed by atoms with Gasteiger partial charge >= 0.3 is 5.97 Å². The molecule has 0 saturated carbocycles. The molecule has 32 heavy (non-hydrogen) atoms. The minimum absolute atomic E-state index is 0.0813. The van der Waals surface area contributed by atoms with Crippen molar-refractivity contribution >= 4 is 27.6 Å². The maximum atomic E-state index is 12.5. The lowest BCUT2D eigenvalue weighted by molar-refractivity contribution is -0.123. The Kier molecular flexibility index (Phi) is 9.03. The fourth-order valence-corrected chi connectivity index (χ4v) is 3.12. The van der Waals surface area contributed by atoms with E-state index in [-0.39, 0.29) is 10.5 Å². The highest BCUT2D eigenvalue weighted by atomic mass is 32.2. The summed E-state index contributed by atoms with van der Waals surface area (Å²) in [4.78, 5) is 24.8. The summed E-state index contributed by atoms with van der Waals surface area (Å²) in [5.41, 5.74) is 0.547. The second kappa shape index (κ2) is 11.5. The topological polar surface area (TPSA) is 134 Å². The molecule has 0 radical (unpaired) electrons. The molecule has 174 valence electrons. The molecular weight excluding hydrogens is 436 g/mol. The minimum atomic E-state index is -3.83. The number of primary sulfonamides is 1. The molecule has 2 rings (SSSR count). The summed E-state index contributed by atoms with van der Waals surface area (Å²) in [5.74, 6) is -0.319. The minimum Gasteiger partial charge on any atom is -0.490 e. The van der Waals surface area contributed by atoms with Crippen LogP contribution in [0.15, 0.2) is 47.4 Å². The van der Waals surface area contributed by atoms with Crippen molar-refractivity contribution in [2.75, 3.05) is 18.5 Å². The van der Waals surface area contributed by atoms with Crippen molar-refractivity contribution in [1.82, 2.24) is 0 Å². The van der Waals surface area contributed by atoms with Crippen LogP contribution in [0.5, 0.6) is 11.5 Å². The monoisotopic (exact) mass is 464 g/mol. The molecule has 2 aromatic rings. The smallest absolute Gasteiger partial charge is 0.339 e. The zero-order valence-electron chi connectivity index (χ0n) is 18.3. The summed E-state index contributed by atoms with van der Waals surface area (Å²) in [6.07, 6.45) is 0.786. The zero-order valence-corrected chi connectivity index (χ0v) is 19.1. The molecule has 0 aliphatic carbocycles. The van der Waals surface area contributed by atoms with Gasteiger partial charge in [-0.3, -0.25) is 4.79 Å². The third-order valence-electron chi connectivity index (χ3n) is 4.34. The van der Waals surface area contributed by atoms with Crippen LogP contribution in [0.1, 0.15) is 44.0 Å². The maximum Gasteiger partial charge on any atom is 0.339 e. The van der Waals surface area contributed by atoms with Gasteiger partial charge in [-0.1, -0.05) is 13.3 Å². The molecule has 1 atom stereocenters. The summed E-state index contributed by atoms with van der Waals surface area (Å²) in [5, 5.41) is 7.60. The van der Waals surface area contributed by atoms with E-state index in [9.17, 15) is 18.0 Å². The first-order chi connectivity index (χ1) is 15.2. The first-order valence-electron chi connectivity index (χ1n) is 10.2. The van der Waals surface area contributed by atoms with E-state index in [1.807, 2.05) is 6.92 Å². The normalized spacial score (nSPS) is 12.0. The van der Waals surface area contributed by atoms with Gasteiger partial charge in [0.25, 0.3) is 5.91 Å². The van der Waals surface area contributed by atoms with E-state index in [2.05, 4.69) is 12.2 Å². The van der Waals surface area contributed by atoms with Gasteiger partial charge in [0.05, 0.1) is 23.7 Å². The van der Waals surface area contributed by atoms with Crippen molar-refractivity contribution in [1.29, 1.82) is 0 Å². The fourth-order valence-electron chi connectivity index (χ4n) is 2.60. The Hall–Kier alpha value is -3.11. The Bertz CT molecular complexity index is 1040. The van der Waals surface area contributed by atoms with E-state index < -0.39 is 28.0 Å². The molecule has 9 nitrogen and oxygen atoms in total. The quantitative estimate of drug-likeness (QED) is 0.385. The van der Waals surface area contributed by atoms with Gasteiger partial charge in [0.1, 0.15) is 0 Å². The number of unbranched alkanes of at least 4 members (excludes halogenated alkanes) is 1. The number of anilines is 1. The van der Waals surface area contributed by atoms with Crippen molar-refractivity contribution in [3.05, 3.63) is 48.0 Å². The van der Waals surface area contributed by atoms with Crippen LogP contribution < -0.4 is 19.9 Å². The molecule has 0 bridgehead atoms. The number of benzene rings is 2. The van der Waals surface area contributed by atoms with E-state index >= 15 is 0 Å². The average Bonchev–Trinajstić information content (AvgIpc) is 2.74. The van der Waals surface area contributed by atoms with Crippen LogP contribution in [0.2, 0.25) is 0 Å². The molecule has 0 aromatic heterocycles.